The first-order chi connectivity index (χ1) is 5.56. The van der Waals surface area contributed by atoms with Gasteiger partial charge in [-0.25, -0.2) is 0 Å². The minimum atomic E-state index is -3.13. The third kappa shape index (κ3) is 2.00. The number of likely N-dealkylation sites (tertiary alicyclic amines) is 1. The first-order valence-electron chi connectivity index (χ1n) is 4.09. The van der Waals surface area contributed by atoms with Gasteiger partial charge in [0, 0.05) is 12.5 Å². The Morgan fingerprint density at radius 1 is 1.58 bits per heavy atom. The highest BCUT2D eigenvalue weighted by Gasteiger charge is 2.40. The molecule has 0 N–H and O–H groups in total. The molecule has 2 nitrogen and oxygen atoms in total. The second-order valence-corrected chi connectivity index (χ2v) is 3.39. The normalized spacial score (nSPS) is 27.1. The van der Waals surface area contributed by atoms with E-state index >= 15 is 0 Å². The van der Waals surface area contributed by atoms with Crippen LogP contribution >= 0.6 is 0 Å². The molecule has 0 bridgehead atoms. The summed E-state index contributed by atoms with van der Waals surface area (Å²) in [6.45, 7) is 1.18. The van der Waals surface area contributed by atoms with Crippen LogP contribution in [0.3, 0.4) is 0 Å². The molecule has 0 radical (unpaired) electrons. The number of carbonyl (C=O) groups excluding carboxylic acids is 1. The maximum absolute atomic E-state index is 12.8. The molecule has 0 saturated carbocycles. The average Bonchev–Trinajstić information content (AvgIpc) is 2.05. The summed E-state index contributed by atoms with van der Waals surface area (Å²) in [7, 11) is 1.80. The van der Waals surface area contributed by atoms with Crippen LogP contribution in [0.1, 0.15) is 12.8 Å². The van der Waals surface area contributed by atoms with Gasteiger partial charge in [0.2, 0.25) is 0 Å². The van der Waals surface area contributed by atoms with Gasteiger partial charge in [0.25, 0.3) is 0 Å². The second-order valence-electron chi connectivity index (χ2n) is 3.39. The number of aldehydes is 1. The second kappa shape index (κ2) is 3.47. The molecule has 1 unspecified atom stereocenters. The Morgan fingerprint density at radius 2 is 2.25 bits per heavy atom. The molecule has 70 valence electrons. The molecule has 4 heteroatoms. The fourth-order valence-corrected chi connectivity index (χ4v) is 1.58. The maximum atomic E-state index is 12.8. The van der Waals surface area contributed by atoms with Crippen molar-refractivity contribution in [2.24, 2.45) is 5.92 Å². The van der Waals surface area contributed by atoms with Crippen LogP contribution in [0.25, 0.3) is 0 Å². The largest absolute Gasteiger partial charge is 0.306 e. The Morgan fingerprint density at radius 3 is 2.75 bits per heavy atom. The lowest BCUT2D eigenvalue weighted by atomic mass is 9.93. The highest BCUT2D eigenvalue weighted by Crippen LogP contribution is 2.29. The standard InChI is InChI=1S/C8H13F2NO/c1-11-4-2-3-7(5-11)8(9,10)6-12/h6-7H,2-5H2,1H3. The van der Waals surface area contributed by atoms with Crippen molar-refractivity contribution in [3.05, 3.63) is 0 Å². The van der Waals surface area contributed by atoms with Crippen molar-refractivity contribution in [3.8, 4) is 0 Å². The first kappa shape index (κ1) is 9.58. The van der Waals surface area contributed by atoms with E-state index in [0.717, 1.165) is 13.0 Å². The minimum Gasteiger partial charge on any atom is -0.306 e. The summed E-state index contributed by atoms with van der Waals surface area (Å²) in [4.78, 5) is 11.9. The molecule has 0 aliphatic carbocycles. The Kier molecular flexibility index (Phi) is 2.77. The van der Waals surface area contributed by atoms with Crippen LogP contribution in [0.5, 0.6) is 0 Å². The zero-order chi connectivity index (χ0) is 9.19. The quantitative estimate of drug-likeness (QED) is 0.590. The summed E-state index contributed by atoms with van der Waals surface area (Å²) in [5, 5.41) is 0. The fraction of sp³-hybridized carbons (Fsp3) is 0.875. The molecule has 1 heterocycles. The SMILES string of the molecule is CN1CCCC(C(F)(F)C=O)C1. The van der Waals surface area contributed by atoms with E-state index in [-0.39, 0.29) is 6.29 Å². The van der Waals surface area contributed by atoms with Gasteiger partial charge in [-0.3, -0.25) is 4.79 Å². The maximum Gasteiger partial charge on any atom is 0.306 e. The molecular weight excluding hydrogens is 164 g/mol. The van der Waals surface area contributed by atoms with Crippen molar-refractivity contribution in [1.82, 2.24) is 4.90 Å². The van der Waals surface area contributed by atoms with E-state index in [4.69, 9.17) is 0 Å². The lowest BCUT2D eigenvalue weighted by Gasteiger charge is -2.32. The van der Waals surface area contributed by atoms with Crippen molar-refractivity contribution in [1.29, 1.82) is 0 Å². The molecule has 1 rings (SSSR count). The van der Waals surface area contributed by atoms with Gasteiger partial charge in [0.05, 0.1) is 0 Å². The highest BCUT2D eigenvalue weighted by molar-refractivity contribution is 5.60. The summed E-state index contributed by atoms with van der Waals surface area (Å²) in [6, 6.07) is 0. The number of hydrogen-bond donors (Lipinski definition) is 0. The smallest absolute Gasteiger partial charge is 0.306 e. The Bertz CT molecular complexity index is 172. The van der Waals surface area contributed by atoms with E-state index in [9.17, 15) is 13.6 Å². The molecule has 0 aromatic heterocycles. The Hall–Kier alpha value is -0.510. The highest BCUT2D eigenvalue weighted by atomic mass is 19.3. The third-order valence-electron chi connectivity index (χ3n) is 2.33. The van der Waals surface area contributed by atoms with Crippen molar-refractivity contribution in [2.75, 3.05) is 20.1 Å². The summed E-state index contributed by atoms with van der Waals surface area (Å²) >= 11 is 0. The van der Waals surface area contributed by atoms with Gasteiger partial charge in [-0.1, -0.05) is 0 Å². The molecule has 1 atom stereocenters. The van der Waals surface area contributed by atoms with Crippen LogP contribution in [0.2, 0.25) is 0 Å². The predicted molar refractivity (Wildman–Crippen MR) is 41.2 cm³/mol. The zero-order valence-corrected chi connectivity index (χ0v) is 7.09. The fourth-order valence-electron chi connectivity index (χ4n) is 1.58. The van der Waals surface area contributed by atoms with Crippen LogP contribution in [-0.2, 0) is 4.79 Å². The molecule has 0 amide bonds. The number of halogens is 2. The average molecular weight is 177 g/mol. The van der Waals surface area contributed by atoms with E-state index < -0.39 is 11.8 Å². The van der Waals surface area contributed by atoms with Crippen LogP contribution in [-0.4, -0.2) is 37.2 Å². The van der Waals surface area contributed by atoms with E-state index in [1.54, 1.807) is 7.05 Å². The molecule has 1 fully saturated rings. The van der Waals surface area contributed by atoms with Crippen LogP contribution in [0, 0.1) is 5.92 Å². The minimum absolute atomic E-state index is 0.225. The van der Waals surface area contributed by atoms with Gasteiger partial charge in [-0.05, 0) is 26.4 Å². The molecule has 1 aliphatic rings. The summed E-state index contributed by atoms with van der Waals surface area (Å²) in [5.74, 6) is -3.91. The summed E-state index contributed by atoms with van der Waals surface area (Å²) < 4.78 is 25.6. The molecule has 0 aromatic rings. The number of nitrogens with zero attached hydrogens (tertiary/aromatic N) is 1. The number of carbonyl (C=O) groups is 1. The van der Waals surface area contributed by atoms with Crippen molar-refractivity contribution in [3.63, 3.8) is 0 Å². The van der Waals surface area contributed by atoms with Crippen molar-refractivity contribution < 1.29 is 13.6 Å². The zero-order valence-electron chi connectivity index (χ0n) is 7.09. The lowest BCUT2D eigenvalue weighted by molar-refractivity contribution is -0.140. The van der Waals surface area contributed by atoms with Crippen LogP contribution in [0.15, 0.2) is 0 Å². The lowest BCUT2D eigenvalue weighted by Crippen LogP contribution is -2.42. The third-order valence-corrected chi connectivity index (χ3v) is 2.33. The molecule has 1 saturated heterocycles. The van der Waals surface area contributed by atoms with Gasteiger partial charge >= 0.3 is 5.92 Å². The van der Waals surface area contributed by atoms with E-state index in [1.165, 1.54) is 0 Å². The Labute approximate surface area is 70.5 Å². The van der Waals surface area contributed by atoms with Gasteiger partial charge in [0.15, 0.2) is 6.29 Å². The van der Waals surface area contributed by atoms with Gasteiger partial charge < -0.3 is 4.90 Å². The molecule has 0 spiro atoms. The number of rotatable bonds is 2. The molecule has 1 aliphatic heterocycles. The number of alkyl halides is 2. The monoisotopic (exact) mass is 177 g/mol. The van der Waals surface area contributed by atoms with E-state index in [2.05, 4.69) is 0 Å². The topological polar surface area (TPSA) is 20.3 Å². The van der Waals surface area contributed by atoms with Crippen molar-refractivity contribution in [2.45, 2.75) is 18.8 Å². The van der Waals surface area contributed by atoms with Gasteiger partial charge in [0.1, 0.15) is 0 Å². The van der Waals surface area contributed by atoms with Crippen molar-refractivity contribution >= 4 is 6.29 Å². The number of piperidine rings is 1. The van der Waals surface area contributed by atoms with Crippen LogP contribution in [0.4, 0.5) is 8.78 Å². The molecule has 0 aromatic carbocycles. The van der Waals surface area contributed by atoms with E-state index in [0.29, 0.717) is 13.0 Å². The van der Waals surface area contributed by atoms with Gasteiger partial charge in [-0.2, -0.15) is 8.78 Å². The summed E-state index contributed by atoms with van der Waals surface area (Å²) in [6.07, 6.45) is 0.984. The molecule has 12 heavy (non-hydrogen) atoms. The van der Waals surface area contributed by atoms with Crippen LogP contribution < -0.4 is 0 Å². The predicted octanol–water partition coefficient (Wildman–Crippen LogP) is 1.16. The number of hydrogen-bond acceptors (Lipinski definition) is 2. The molecular formula is C8H13F2NO. The first-order valence-corrected chi connectivity index (χ1v) is 4.09. The summed E-state index contributed by atoms with van der Waals surface area (Å²) in [5.41, 5.74) is 0. The Balaban J connectivity index is 2.56. The van der Waals surface area contributed by atoms with Gasteiger partial charge in [-0.15, -0.1) is 0 Å². The van der Waals surface area contributed by atoms with E-state index in [1.807, 2.05) is 4.90 Å².